The van der Waals surface area contributed by atoms with Crippen LogP contribution in [0.4, 0.5) is 22.0 Å². The minimum absolute atomic E-state index is 0.130. The molecule has 0 saturated heterocycles. The van der Waals surface area contributed by atoms with Crippen molar-refractivity contribution in [2.45, 2.75) is 26.1 Å². The lowest BCUT2D eigenvalue weighted by Crippen LogP contribution is -2.58. The molecule has 0 spiro atoms. The minimum atomic E-state index is -4.28. The molecular formula is C13H15F5O4Si. The highest BCUT2D eigenvalue weighted by Crippen LogP contribution is 2.32. The fraction of sp³-hybridized carbons (Fsp3) is 0.462. The van der Waals surface area contributed by atoms with Gasteiger partial charge in [0, 0.05) is 13.2 Å². The van der Waals surface area contributed by atoms with Crippen molar-refractivity contribution in [3.8, 4) is 0 Å². The van der Waals surface area contributed by atoms with Gasteiger partial charge in [-0.1, -0.05) is 0 Å². The number of benzene rings is 1. The lowest BCUT2D eigenvalue weighted by Gasteiger charge is -2.31. The molecule has 10 heteroatoms. The Labute approximate surface area is 130 Å². The summed E-state index contributed by atoms with van der Waals surface area (Å²) < 4.78 is 81.5. The molecular weight excluding hydrogens is 343 g/mol. The molecule has 0 saturated carbocycles. The molecule has 0 aromatic heterocycles. The van der Waals surface area contributed by atoms with Gasteiger partial charge in [-0.25, -0.2) is 18.0 Å². The summed E-state index contributed by atoms with van der Waals surface area (Å²) in [6.45, 7) is 3.59. The number of carbonyl (C=O) groups is 1. The van der Waals surface area contributed by atoms with Crippen molar-refractivity contribution in [1.82, 2.24) is 0 Å². The van der Waals surface area contributed by atoms with Crippen LogP contribution < -0.4 is 0 Å². The highest BCUT2D eigenvalue weighted by atomic mass is 28.4. The molecule has 1 rings (SSSR count). The molecule has 1 aromatic carbocycles. The fourth-order valence-electron chi connectivity index (χ4n) is 1.71. The maximum Gasteiger partial charge on any atom is 0.466 e. The Kier molecular flexibility index (Phi) is 6.25. The smallest absolute Gasteiger partial charge is 0.397 e. The van der Waals surface area contributed by atoms with E-state index in [1.54, 1.807) is 0 Å². The van der Waals surface area contributed by atoms with Crippen molar-refractivity contribution in [2.24, 2.45) is 0 Å². The molecule has 1 aromatic rings. The maximum atomic E-state index is 14.2. The number of hydrogen-bond acceptors (Lipinski definition) is 4. The van der Waals surface area contributed by atoms with Crippen molar-refractivity contribution < 1.29 is 40.3 Å². The molecule has 0 atom stereocenters. The zero-order chi connectivity index (χ0) is 17.8. The number of esters is 1. The van der Waals surface area contributed by atoms with Crippen LogP contribution in [0.1, 0.15) is 24.2 Å². The molecule has 0 aliphatic carbocycles. The molecule has 0 radical (unpaired) electrons. The maximum absolute atomic E-state index is 14.2. The summed E-state index contributed by atoms with van der Waals surface area (Å²) in [6.07, 6.45) is 0. The standard InChI is InChI=1S/C13H15F5O4Si/c1-4-20-23(3,21-5-2)13(17,18)22-12(19)8-6-7-9(14)11(16)10(8)15/h6-7H,4-5H2,1-3H3. The zero-order valence-electron chi connectivity index (χ0n) is 12.6. The van der Waals surface area contributed by atoms with Crippen LogP contribution in [-0.4, -0.2) is 33.5 Å². The first-order valence-corrected chi connectivity index (χ1v) is 8.93. The zero-order valence-corrected chi connectivity index (χ0v) is 13.6. The van der Waals surface area contributed by atoms with Crippen LogP contribution >= 0.6 is 0 Å². The van der Waals surface area contributed by atoms with Crippen LogP contribution in [0, 0.1) is 17.5 Å². The first-order chi connectivity index (χ1) is 10.6. The SMILES string of the molecule is CCO[Si](C)(OCC)C(F)(F)OC(=O)c1ccc(F)c(F)c1F. The van der Waals surface area contributed by atoms with E-state index in [-0.39, 0.29) is 13.2 Å². The first kappa shape index (κ1) is 19.5. The molecule has 0 fully saturated rings. The van der Waals surface area contributed by atoms with Crippen molar-refractivity contribution in [3.63, 3.8) is 0 Å². The third-order valence-corrected chi connectivity index (χ3v) is 5.68. The molecule has 0 aliphatic rings. The van der Waals surface area contributed by atoms with E-state index in [4.69, 9.17) is 8.85 Å². The van der Waals surface area contributed by atoms with Gasteiger partial charge in [0.05, 0.1) is 5.56 Å². The fourth-order valence-corrected chi connectivity index (χ4v) is 3.51. The number of halogens is 5. The summed E-state index contributed by atoms with van der Waals surface area (Å²) in [5.74, 6) is -7.29. The van der Waals surface area contributed by atoms with E-state index >= 15 is 0 Å². The quantitative estimate of drug-likeness (QED) is 0.324. The average Bonchev–Trinajstić information content (AvgIpc) is 2.44. The van der Waals surface area contributed by atoms with Crippen LogP contribution in [0.5, 0.6) is 0 Å². The number of hydrogen-bond donors (Lipinski definition) is 0. The number of ether oxygens (including phenoxy) is 1. The van der Waals surface area contributed by atoms with E-state index in [9.17, 15) is 26.7 Å². The molecule has 0 N–H and O–H groups in total. The Morgan fingerprint density at radius 2 is 1.61 bits per heavy atom. The summed E-state index contributed by atoms with van der Waals surface area (Å²) in [7, 11) is -4.28. The minimum Gasteiger partial charge on any atom is -0.397 e. The second-order valence-corrected chi connectivity index (χ2v) is 7.49. The van der Waals surface area contributed by atoms with Crippen molar-refractivity contribution in [1.29, 1.82) is 0 Å². The Bertz CT molecular complexity index is 576. The lowest BCUT2D eigenvalue weighted by atomic mass is 10.2. The van der Waals surface area contributed by atoms with E-state index in [1.807, 2.05) is 0 Å². The van der Waals surface area contributed by atoms with Gasteiger partial charge in [0.15, 0.2) is 17.5 Å². The third kappa shape index (κ3) is 4.06. The summed E-state index contributed by atoms with van der Waals surface area (Å²) in [5.41, 5.74) is -5.33. The number of carbonyl (C=O) groups excluding carboxylic acids is 1. The largest absolute Gasteiger partial charge is 0.466 e. The van der Waals surface area contributed by atoms with Crippen LogP contribution in [0.3, 0.4) is 0 Å². The predicted molar refractivity (Wildman–Crippen MR) is 71.5 cm³/mol. The molecule has 0 aliphatic heterocycles. The summed E-state index contributed by atoms with van der Waals surface area (Å²) in [6, 6.07) is 0.932. The second-order valence-electron chi connectivity index (χ2n) is 4.44. The summed E-state index contributed by atoms with van der Waals surface area (Å²) in [4.78, 5) is 11.7. The average molecular weight is 358 g/mol. The highest BCUT2D eigenvalue weighted by Gasteiger charge is 2.61. The topological polar surface area (TPSA) is 44.8 Å². The molecule has 4 nitrogen and oxygen atoms in total. The Morgan fingerprint density at radius 1 is 1.09 bits per heavy atom. The van der Waals surface area contributed by atoms with Crippen molar-refractivity contribution in [3.05, 3.63) is 35.1 Å². The molecule has 23 heavy (non-hydrogen) atoms. The van der Waals surface area contributed by atoms with Crippen LogP contribution in [0.15, 0.2) is 12.1 Å². The van der Waals surface area contributed by atoms with E-state index < -0.39 is 43.3 Å². The number of rotatable bonds is 7. The van der Waals surface area contributed by atoms with Gasteiger partial charge in [0.25, 0.3) is 0 Å². The van der Waals surface area contributed by atoms with Gasteiger partial charge in [-0.3, -0.25) is 0 Å². The lowest BCUT2D eigenvalue weighted by molar-refractivity contribution is -0.167. The van der Waals surface area contributed by atoms with E-state index in [0.717, 1.165) is 6.55 Å². The Morgan fingerprint density at radius 3 is 2.09 bits per heavy atom. The second kappa shape index (κ2) is 7.36. The third-order valence-electron chi connectivity index (χ3n) is 2.84. The van der Waals surface area contributed by atoms with Gasteiger partial charge in [-0.05, 0) is 32.5 Å². The highest BCUT2D eigenvalue weighted by molar-refractivity contribution is 6.68. The van der Waals surface area contributed by atoms with Crippen molar-refractivity contribution >= 4 is 14.5 Å². The van der Waals surface area contributed by atoms with Gasteiger partial charge in [-0.15, -0.1) is 0 Å². The van der Waals surface area contributed by atoms with Gasteiger partial charge in [0.2, 0.25) is 0 Å². The van der Waals surface area contributed by atoms with E-state index in [0.29, 0.717) is 12.1 Å². The van der Waals surface area contributed by atoms with Gasteiger partial charge in [-0.2, -0.15) is 8.78 Å². The molecule has 0 bridgehead atoms. The van der Waals surface area contributed by atoms with Gasteiger partial charge >= 0.3 is 20.3 Å². The summed E-state index contributed by atoms with van der Waals surface area (Å²) >= 11 is 0. The summed E-state index contributed by atoms with van der Waals surface area (Å²) in [5, 5.41) is 0. The van der Waals surface area contributed by atoms with E-state index in [1.165, 1.54) is 13.8 Å². The number of alkyl halides is 2. The normalized spacial score (nSPS) is 12.3. The van der Waals surface area contributed by atoms with E-state index in [2.05, 4.69) is 4.74 Å². The van der Waals surface area contributed by atoms with Crippen molar-refractivity contribution in [2.75, 3.05) is 13.2 Å². The van der Waals surface area contributed by atoms with Crippen LogP contribution in [0.25, 0.3) is 0 Å². The Hall–Kier alpha value is -1.52. The predicted octanol–water partition coefficient (Wildman–Crippen LogP) is 3.54. The van der Waals surface area contributed by atoms with Crippen LogP contribution in [0.2, 0.25) is 6.55 Å². The van der Waals surface area contributed by atoms with Gasteiger partial charge < -0.3 is 13.6 Å². The molecule has 0 unspecified atom stereocenters. The van der Waals surface area contributed by atoms with Gasteiger partial charge in [0.1, 0.15) is 0 Å². The molecule has 130 valence electrons. The Balaban J connectivity index is 3.09. The molecule has 0 heterocycles. The molecule has 0 amide bonds. The van der Waals surface area contributed by atoms with Crippen LogP contribution in [-0.2, 0) is 13.6 Å². The monoisotopic (exact) mass is 358 g/mol. The first-order valence-electron chi connectivity index (χ1n) is 6.62.